The van der Waals surface area contributed by atoms with E-state index in [4.69, 9.17) is 19.8 Å². The summed E-state index contributed by atoms with van der Waals surface area (Å²) < 4.78 is 65.6. The molecular formula is C22H25F6N5O5. The van der Waals surface area contributed by atoms with Crippen LogP contribution in [0.4, 0.5) is 26.3 Å². The average molecular weight is 553 g/mol. The molecule has 2 aromatic rings. The number of alkyl halides is 6. The number of aromatic nitrogens is 3. The van der Waals surface area contributed by atoms with Crippen molar-refractivity contribution >= 4 is 17.8 Å². The Morgan fingerprint density at radius 1 is 1.03 bits per heavy atom. The van der Waals surface area contributed by atoms with Gasteiger partial charge in [0.1, 0.15) is 0 Å². The van der Waals surface area contributed by atoms with Crippen molar-refractivity contribution in [2.45, 2.75) is 50.7 Å². The number of hydrogen-bond acceptors (Lipinski definition) is 6. The summed E-state index contributed by atoms with van der Waals surface area (Å²) in [5, 5.41) is 18.8. The van der Waals surface area contributed by atoms with E-state index in [0.29, 0.717) is 18.4 Å². The summed E-state index contributed by atoms with van der Waals surface area (Å²) >= 11 is 0. The third-order valence-electron chi connectivity index (χ3n) is 5.47. The van der Waals surface area contributed by atoms with E-state index in [-0.39, 0.29) is 0 Å². The highest BCUT2D eigenvalue weighted by molar-refractivity contribution is 5.78. The Bertz CT molecular complexity index is 1050. The van der Waals surface area contributed by atoms with Crippen molar-refractivity contribution in [1.29, 1.82) is 0 Å². The summed E-state index contributed by atoms with van der Waals surface area (Å²) in [5.41, 5.74) is 2.49. The monoisotopic (exact) mass is 553 g/mol. The van der Waals surface area contributed by atoms with Gasteiger partial charge in [-0.25, -0.2) is 9.59 Å². The Balaban J connectivity index is 0.000000301. The molecule has 1 fully saturated rings. The second-order valence-electron chi connectivity index (χ2n) is 8.33. The van der Waals surface area contributed by atoms with E-state index in [0.717, 1.165) is 45.6 Å². The minimum atomic E-state index is -5.08. The molecule has 0 bridgehead atoms. The van der Waals surface area contributed by atoms with Crippen LogP contribution in [0.5, 0.6) is 0 Å². The van der Waals surface area contributed by atoms with Crippen molar-refractivity contribution in [2.75, 3.05) is 19.6 Å². The number of halogens is 6. The number of carbonyl (C=O) groups excluding carboxylic acids is 1. The van der Waals surface area contributed by atoms with Crippen LogP contribution in [-0.2, 0) is 27.5 Å². The number of carbonyl (C=O) groups is 3. The first-order valence-corrected chi connectivity index (χ1v) is 11.2. The molecule has 0 aliphatic carbocycles. The van der Waals surface area contributed by atoms with Crippen LogP contribution in [0.1, 0.15) is 36.6 Å². The SMILES string of the molecule is O=C(O)C(F)(F)F.O=C(O)C(F)(F)F.O=C1CCCN1CCC1CN(Cc2cccnc2)Cc2ccnn21. The Morgan fingerprint density at radius 2 is 1.66 bits per heavy atom. The number of fused-ring (bicyclic) bond motifs is 1. The van der Waals surface area contributed by atoms with Crippen molar-refractivity contribution in [2.24, 2.45) is 0 Å². The van der Waals surface area contributed by atoms with E-state index < -0.39 is 24.3 Å². The molecule has 1 amide bonds. The van der Waals surface area contributed by atoms with Crippen molar-refractivity contribution < 1.29 is 50.9 Å². The number of pyridine rings is 1. The predicted octanol–water partition coefficient (Wildman–Crippen LogP) is 3.11. The minimum absolute atomic E-state index is 0.304. The minimum Gasteiger partial charge on any atom is -0.475 e. The molecule has 10 nitrogen and oxygen atoms in total. The topological polar surface area (TPSA) is 129 Å². The van der Waals surface area contributed by atoms with E-state index in [2.05, 4.69) is 31.8 Å². The number of carboxylic acids is 2. The quantitative estimate of drug-likeness (QED) is 0.541. The molecule has 1 saturated heterocycles. The van der Waals surface area contributed by atoms with E-state index in [1.54, 1.807) is 0 Å². The standard InChI is InChI=1S/C18H23N5O.2C2HF3O2/c24-18-4-2-9-22(18)10-6-17-14-21(12-15-3-1-7-19-11-15)13-16-5-8-20-23(16)17;2*3-2(4,5)1(6)7/h1,3,5,7-8,11,17H,2,4,6,9-10,12-14H2;2*(H,6,7). The Morgan fingerprint density at radius 3 is 2.16 bits per heavy atom. The number of aliphatic carboxylic acids is 2. The summed E-state index contributed by atoms with van der Waals surface area (Å²) in [6.07, 6.45) is -1.86. The third kappa shape index (κ3) is 9.64. The highest BCUT2D eigenvalue weighted by Gasteiger charge is 2.39. The second kappa shape index (κ2) is 13.2. The number of carboxylic acid groups (broad SMARTS) is 2. The molecule has 0 saturated carbocycles. The molecule has 2 aromatic heterocycles. The molecule has 2 aliphatic heterocycles. The smallest absolute Gasteiger partial charge is 0.475 e. The van der Waals surface area contributed by atoms with Gasteiger partial charge in [-0.1, -0.05) is 6.07 Å². The van der Waals surface area contributed by atoms with Gasteiger partial charge in [-0.2, -0.15) is 31.4 Å². The van der Waals surface area contributed by atoms with Gasteiger partial charge in [-0.15, -0.1) is 0 Å². The largest absolute Gasteiger partial charge is 0.490 e. The zero-order chi connectivity index (χ0) is 28.5. The molecule has 4 rings (SSSR count). The maximum absolute atomic E-state index is 11.8. The molecule has 38 heavy (non-hydrogen) atoms. The maximum Gasteiger partial charge on any atom is 0.490 e. The molecule has 4 heterocycles. The number of nitrogens with zero attached hydrogens (tertiary/aromatic N) is 5. The maximum atomic E-state index is 11.8. The third-order valence-corrected chi connectivity index (χ3v) is 5.47. The predicted molar refractivity (Wildman–Crippen MR) is 117 cm³/mol. The van der Waals surface area contributed by atoms with E-state index in [1.807, 2.05) is 29.6 Å². The van der Waals surface area contributed by atoms with Gasteiger partial charge in [0.05, 0.1) is 11.7 Å². The van der Waals surface area contributed by atoms with E-state index in [9.17, 15) is 31.1 Å². The Labute approximate surface area is 212 Å². The fraction of sp³-hybridized carbons (Fsp3) is 0.500. The fourth-order valence-corrected chi connectivity index (χ4v) is 3.79. The zero-order valence-electron chi connectivity index (χ0n) is 19.8. The van der Waals surface area contributed by atoms with Crippen LogP contribution in [0.2, 0.25) is 0 Å². The lowest BCUT2D eigenvalue weighted by Gasteiger charge is -2.34. The van der Waals surface area contributed by atoms with Gasteiger partial charge in [0.25, 0.3) is 0 Å². The number of rotatable bonds is 5. The molecular weight excluding hydrogens is 528 g/mol. The van der Waals surface area contributed by atoms with Crippen molar-refractivity contribution in [3.8, 4) is 0 Å². The van der Waals surface area contributed by atoms with Crippen LogP contribution in [0, 0.1) is 0 Å². The fourth-order valence-electron chi connectivity index (χ4n) is 3.79. The molecule has 1 unspecified atom stereocenters. The summed E-state index contributed by atoms with van der Waals surface area (Å²) in [7, 11) is 0. The van der Waals surface area contributed by atoms with Crippen LogP contribution in [0.3, 0.4) is 0 Å². The lowest BCUT2D eigenvalue weighted by atomic mass is 10.1. The lowest BCUT2D eigenvalue weighted by Crippen LogP contribution is -2.39. The Kier molecular flexibility index (Phi) is 10.6. The Hall–Kier alpha value is -3.69. The molecule has 2 aliphatic rings. The zero-order valence-corrected chi connectivity index (χ0v) is 19.8. The van der Waals surface area contributed by atoms with Crippen molar-refractivity contribution in [3.63, 3.8) is 0 Å². The van der Waals surface area contributed by atoms with Crippen molar-refractivity contribution in [1.82, 2.24) is 24.6 Å². The first-order valence-electron chi connectivity index (χ1n) is 11.2. The van der Waals surface area contributed by atoms with E-state index in [1.165, 1.54) is 11.3 Å². The molecule has 1 atom stereocenters. The van der Waals surface area contributed by atoms with Gasteiger partial charge < -0.3 is 15.1 Å². The number of likely N-dealkylation sites (tertiary alicyclic amines) is 1. The van der Waals surface area contributed by atoms with Gasteiger partial charge in [-0.3, -0.25) is 19.4 Å². The molecule has 0 radical (unpaired) electrons. The van der Waals surface area contributed by atoms with E-state index >= 15 is 0 Å². The number of amides is 1. The number of hydrogen-bond donors (Lipinski definition) is 2. The summed E-state index contributed by atoms with van der Waals surface area (Å²) in [6, 6.07) is 6.54. The average Bonchev–Trinajstić information content (AvgIpc) is 3.46. The van der Waals surface area contributed by atoms with Gasteiger partial charge in [0.2, 0.25) is 5.91 Å². The normalized spacial score (nSPS) is 17.6. The molecule has 210 valence electrons. The van der Waals surface area contributed by atoms with Crippen LogP contribution in [0.25, 0.3) is 0 Å². The van der Waals surface area contributed by atoms with Crippen LogP contribution in [-0.4, -0.2) is 84.6 Å². The first kappa shape index (κ1) is 30.5. The lowest BCUT2D eigenvalue weighted by molar-refractivity contribution is -0.193. The molecule has 0 aromatic carbocycles. The highest BCUT2D eigenvalue weighted by atomic mass is 19.4. The van der Waals surface area contributed by atoms with Crippen LogP contribution >= 0.6 is 0 Å². The second-order valence-corrected chi connectivity index (χ2v) is 8.33. The summed E-state index contributed by atoms with van der Waals surface area (Å²) in [5.74, 6) is -5.21. The molecule has 0 spiro atoms. The molecule has 2 N–H and O–H groups in total. The first-order chi connectivity index (χ1) is 17.7. The van der Waals surface area contributed by atoms with Gasteiger partial charge in [0.15, 0.2) is 0 Å². The summed E-state index contributed by atoms with van der Waals surface area (Å²) in [6.45, 7) is 4.53. The van der Waals surface area contributed by atoms with Crippen molar-refractivity contribution in [3.05, 3.63) is 48.0 Å². The van der Waals surface area contributed by atoms with Gasteiger partial charge in [0, 0.05) is 57.7 Å². The van der Waals surface area contributed by atoms with Crippen LogP contribution in [0.15, 0.2) is 36.8 Å². The molecule has 16 heteroatoms. The highest BCUT2D eigenvalue weighted by Crippen LogP contribution is 2.25. The summed E-state index contributed by atoms with van der Waals surface area (Å²) in [4.78, 5) is 38.3. The van der Waals surface area contributed by atoms with Crippen LogP contribution < -0.4 is 0 Å². The van der Waals surface area contributed by atoms with Gasteiger partial charge in [-0.05, 0) is 30.5 Å². The van der Waals surface area contributed by atoms with Gasteiger partial charge >= 0.3 is 24.3 Å².